The van der Waals surface area contributed by atoms with Gasteiger partial charge in [0, 0.05) is 43.1 Å². The molecule has 1 aromatic heterocycles. The number of nitrogens with zero attached hydrogens (tertiary/aromatic N) is 1. The zero-order chi connectivity index (χ0) is 13.7. The molecule has 1 aromatic rings. The number of amides is 2. The normalized spacial score (nSPS) is 14.1. The van der Waals surface area contributed by atoms with Gasteiger partial charge in [-0.2, -0.15) is 12.6 Å². The highest BCUT2D eigenvalue weighted by molar-refractivity contribution is 7.80. The number of hydrogen-bond acceptors (Lipinski definition) is 4. The Hall–Kier alpha value is -1.01. The first-order valence-electron chi connectivity index (χ1n) is 6.41. The summed E-state index contributed by atoms with van der Waals surface area (Å²) in [6.45, 7) is 2.01. The van der Waals surface area contributed by atoms with Gasteiger partial charge in [0.1, 0.15) is 0 Å². The van der Waals surface area contributed by atoms with E-state index in [2.05, 4.69) is 29.4 Å². The summed E-state index contributed by atoms with van der Waals surface area (Å²) in [6.07, 6.45) is 1.49. The quantitative estimate of drug-likeness (QED) is 0.809. The van der Waals surface area contributed by atoms with E-state index in [9.17, 15) is 9.59 Å². The molecule has 0 radical (unpaired) electrons. The van der Waals surface area contributed by atoms with Crippen molar-refractivity contribution >= 4 is 35.8 Å². The maximum absolute atomic E-state index is 12.0. The molecule has 0 unspecified atom stereocenters. The van der Waals surface area contributed by atoms with Gasteiger partial charge in [0.25, 0.3) is 0 Å². The first-order chi connectivity index (χ1) is 9.20. The summed E-state index contributed by atoms with van der Waals surface area (Å²) in [6, 6.07) is 2.08. The number of hydrogen-bond donors (Lipinski definition) is 2. The molecule has 0 aromatic carbocycles. The van der Waals surface area contributed by atoms with Crippen LogP contribution < -0.4 is 5.32 Å². The molecule has 19 heavy (non-hydrogen) atoms. The molecule has 0 spiro atoms. The molecule has 0 atom stereocenters. The van der Waals surface area contributed by atoms with E-state index in [1.165, 1.54) is 10.4 Å². The maximum atomic E-state index is 12.0. The molecule has 2 heterocycles. The van der Waals surface area contributed by atoms with Gasteiger partial charge in [0.2, 0.25) is 11.8 Å². The van der Waals surface area contributed by atoms with Crippen LogP contribution in [-0.4, -0.2) is 35.6 Å². The van der Waals surface area contributed by atoms with Gasteiger partial charge in [0.05, 0.1) is 0 Å². The Kier molecular flexibility index (Phi) is 5.27. The molecule has 1 N–H and O–H groups in total. The number of fused-ring (bicyclic) bond motifs is 1. The fraction of sp³-hybridized carbons (Fsp3) is 0.538. The number of rotatable bonds is 5. The van der Waals surface area contributed by atoms with Crippen molar-refractivity contribution in [2.24, 2.45) is 0 Å². The number of carbonyl (C=O) groups excluding carboxylic acids is 2. The van der Waals surface area contributed by atoms with Gasteiger partial charge in [-0.1, -0.05) is 0 Å². The summed E-state index contributed by atoms with van der Waals surface area (Å²) >= 11 is 5.78. The first-order valence-corrected chi connectivity index (χ1v) is 7.92. The molecule has 4 nitrogen and oxygen atoms in total. The van der Waals surface area contributed by atoms with Crippen LogP contribution in [0.5, 0.6) is 0 Å². The lowest BCUT2D eigenvalue weighted by molar-refractivity contribution is -0.134. The zero-order valence-electron chi connectivity index (χ0n) is 10.7. The summed E-state index contributed by atoms with van der Waals surface area (Å²) < 4.78 is 0. The molecule has 0 saturated carbocycles. The maximum Gasteiger partial charge on any atom is 0.223 e. The second-order valence-electron chi connectivity index (χ2n) is 4.51. The van der Waals surface area contributed by atoms with Gasteiger partial charge in [0.15, 0.2) is 0 Å². The van der Waals surface area contributed by atoms with E-state index in [0.29, 0.717) is 18.8 Å². The van der Waals surface area contributed by atoms with Crippen LogP contribution in [0.25, 0.3) is 0 Å². The molecule has 0 bridgehead atoms. The molecule has 2 amide bonds. The minimum Gasteiger partial charge on any atom is -0.355 e. The van der Waals surface area contributed by atoms with E-state index < -0.39 is 0 Å². The first kappa shape index (κ1) is 14.4. The van der Waals surface area contributed by atoms with Crippen molar-refractivity contribution < 1.29 is 9.59 Å². The molecular formula is C13H18N2O2S2. The van der Waals surface area contributed by atoms with Crippen LogP contribution in [0.1, 0.15) is 23.3 Å². The van der Waals surface area contributed by atoms with Crippen LogP contribution in [0, 0.1) is 0 Å². The number of carbonyl (C=O) groups is 2. The summed E-state index contributed by atoms with van der Waals surface area (Å²) in [5.74, 6) is 0.612. The Morgan fingerprint density at radius 2 is 2.26 bits per heavy atom. The van der Waals surface area contributed by atoms with Crippen molar-refractivity contribution in [1.82, 2.24) is 10.2 Å². The van der Waals surface area contributed by atoms with Gasteiger partial charge in [-0.3, -0.25) is 9.59 Å². The average molecular weight is 298 g/mol. The van der Waals surface area contributed by atoms with Crippen molar-refractivity contribution in [1.29, 1.82) is 0 Å². The Bertz CT molecular complexity index is 459. The molecule has 0 saturated heterocycles. The number of nitrogens with one attached hydrogen (secondary N) is 1. The fourth-order valence-corrected chi connectivity index (χ4v) is 3.13. The van der Waals surface area contributed by atoms with Gasteiger partial charge in [-0.25, -0.2) is 0 Å². The van der Waals surface area contributed by atoms with E-state index >= 15 is 0 Å². The smallest absolute Gasteiger partial charge is 0.223 e. The van der Waals surface area contributed by atoms with Crippen LogP contribution in [0.3, 0.4) is 0 Å². The predicted molar refractivity (Wildman–Crippen MR) is 79.5 cm³/mol. The van der Waals surface area contributed by atoms with E-state index in [1.807, 2.05) is 4.90 Å². The lowest BCUT2D eigenvalue weighted by Crippen LogP contribution is -2.36. The van der Waals surface area contributed by atoms with E-state index in [0.717, 1.165) is 13.0 Å². The lowest BCUT2D eigenvalue weighted by Gasteiger charge is -2.27. The third-order valence-electron chi connectivity index (χ3n) is 3.16. The largest absolute Gasteiger partial charge is 0.355 e. The van der Waals surface area contributed by atoms with Crippen LogP contribution in [0.15, 0.2) is 11.4 Å². The summed E-state index contributed by atoms with van der Waals surface area (Å²) in [5.41, 5.74) is 1.25. The third kappa shape index (κ3) is 3.98. The number of thiophene rings is 1. The third-order valence-corrected chi connectivity index (χ3v) is 4.41. The summed E-state index contributed by atoms with van der Waals surface area (Å²) in [5, 5.41) is 4.79. The SMILES string of the molecule is O=C(CCC(=O)N1CCc2sccc2C1)NCCS. The van der Waals surface area contributed by atoms with Gasteiger partial charge < -0.3 is 10.2 Å². The molecule has 104 valence electrons. The Morgan fingerprint density at radius 3 is 3.05 bits per heavy atom. The monoisotopic (exact) mass is 298 g/mol. The Balaban J connectivity index is 1.77. The molecule has 1 aliphatic rings. The fourth-order valence-electron chi connectivity index (χ4n) is 2.12. The minimum atomic E-state index is -0.0735. The second kappa shape index (κ2) is 6.96. The molecule has 1 aliphatic heterocycles. The average Bonchev–Trinajstić information content (AvgIpc) is 2.89. The van der Waals surface area contributed by atoms with Crippen LogP contribution in [-0.2, 0) is 22.6 Å². The standard InChI is InChI=1S/C13H18N2O2S2/c16-12(14-5-7-18)1-2-13(17)15-6-3-11-10(9-15)4-8-19-11/h4,8,18H,1-3,5-7,9H2,(H,14,16). The van der Waals surface area contributed by atoms with E-state index in [4.69, 9.17) is 0 Å². The Labute approximate surface area is 122 Å². The molecule has 2 rings (SSSR count). The Morgan fingerprint density at radius 1 is 1.42 bits per heavy atom. The minimum absolute atomic E-state index is 0.0675. The highest BCUT2D eigenvalue weighted by Gasteiger charge is 2.21. The van der Waals surface area contributed by atoms with Crippen molar-refractivity contribution in [3.63, 3.8) is 0 Å². The van der Waals surface area contributed by atoms with Gasteiger partial charge in [-0.15, -0.1) is 11.3 Å². The van der Waals surface area contributed by atoms with Crippen molar-refractivity contribution in [2.45, 2.75) is 25.8 Å². The van der Waals surface area contributed by atoms with E-state index in [1.54, 1.807) is 11.3 Å². The van der Waals surface area contributed by atoms with Gasteiger partial charge in [-0.05, 0) is 23.4 Å². The molecule has 0 aliphatic carbocycles. The zero-order valence-corrected chi connectivity index (χ0v) is 12.4. The molecule has 6 heteroatoms. The summed E-state index contributed by atoms with van der Waals surface area (Å²) in [7, 11) is 0. The second-order valence-corrected chi connectivity index (χ2v) is 5.96. The topological polar surface area (TPSA) is 49.4 Å². The molecular weight excluding hydrogens is 280 g/mol. The van der Waals surface area contributed by atoms with Gasteiger partial charge >= 0.3 is 0 Å². The van der Waals surface area contributed by atoms with Crippen molar-refractivity contribution in [2.75, 3.05) is 18.8 Å². The summed E-state index contributed by atoms with van der Waals surface area (Å²) in [4.78, 5) is 26.7. The van der Waals surface area contributed by atoms with Crippen LogP contribution >= 0.6 is 24.0 Å². The van der Waals surface area contributed by atoms with Crippen LogP contribution in [0.2, 0.25) is 0 Å². The van der Waals surface area contributed by atoms with Crippen LogP contribution in [0.4, 0.5) is 0 Å². The molecule has 0 fully saturated rings. The highest BCUT2D eigenvalue weighted by Crippen LogP contribution is 2.24. The van der Waals surface area contributed by atoms with Crippen molar-refractivity contribution in [3.05, 3.63) is 21.9 Å². The van der Waals surface area contributed by atoms with Crippen molar-refractivity contribution in [3.8, 4) is 0 Å². The highest BCUT2D eigenvalue weighted by atomic mass is 32.1. The lowest BCUT2D eigenvalue weighted by atomic mass is 10.1. The van der Waals surface area contributed by atoms with E-state index in [-0.39, 0.29) is 24.7 Å². The predicted octanol–water partition coefficient (Wildman–Crippen LogP) is 1.46. The number of thiol groups is 1.